The molecule has 0 aliphatic rings. The average Bonchev–Trinajstić information content (AvgIpc) is 2.58. The molecule has 1 N–H and O–H groups in total. The minimum atomic E-state index is -3.46. The van der Waals surface area contributed by atoms with Gasteiger partial charge in [0.05, 0.1) is 23.5 Å². The number of sulfonamides is 1. The van der Waals surface area contributed by atoms with Crippen LogP contribution in [0.2, 0.25) is 0 Å². The Morgan fingerprint density at radius 3 is 2.38 bits per heavy atom. The van der Waals surface area contributed by atoms with Gasteiger partial charge >= 0.3 is 0 Å². The fraction of sp³-hybridized carbons (Fsp3) is 0.350. The van der Waals surface area contributed by atoms with Crippen molar-refractivity contribution in [2.24, 2.45) is 0 Å². The zero-order valence-electron chi connectivity index (χ0n) is 15.9. The lowest BCUT2D eigenvalue weighted by atomic mass is 9.97. The van der Waals surface area contributed by atoms with Gasteiger partial charge in [-0.2, -0.15) is 0 Å². The topological polar surface area (TPSA) is 66.5 Å². The summed E-state index contributed by atoms with van der Waals surface area (Å²) in [5, 5.41) is 3.05. The van der Waals surface area contributed by atoms with Crippen molar-refractivity contribution in [3.8, 4) is 0 Å². The molecule has 6 heteroatoms. The van der Waals surface area contributed by atoms with Crippen molar-refractivity contribution in [2.45, 2.75) is 33.2 Å². The number of hydrogen-bond donors (Lipinski definition) is 1. The molecule has 1 amide bonds. The van der Waals surface area contributed by atoms with Crippen LogP contribution in [0.5, 0.6) is 0 Å². The maximum absolute atomic E-state index is 12.9. The molecule has 0 radical (unpaired) electrons. The Morgan fingerprint density at radius 2 is 1.81 bits per heavy atom. The van der Waals surface area contributed by atoms with Crippen LogP contribution in [0.15, 0.2) is 42.5 Å². The predicted molar refractivity (Wildman–Crippen MR) is 106 cm³/mol. The number of amides is 1. The smallest absolute Gasteiger partial charge is 0.253 e. The van der Waals surface area contributed by atoms with Gasteiger partial charge in [0.2, 0.25) is 10.0 Å². The summed E-state index contributed by atoms with van der Waals surface area (Å²) >= 11 is 0. The summed E-state index contributed by atoms with van der Waals surface area (Å²) in [6.45, 7) is 6.08. The second-order valence-electron chi connectivity index (χ2n) is 6.54. The third-order valence-corrected chi connectivity index (χ3v) is 5.69. The molecule has 0 aliphatic heterocycles. The first-order chi connectivity index (χ1) is 12.1. The quantitative estimate of drug-likeness (QED) is 0.840. The summed E-state index contributed by atoms with van der Waals surface area (Å²) in [5.74, 6) is -0.289. The second-order valence-corrected chi connectivity index (χ2v) is 8.56. The fourth-order valence-corrected chi connectivity index (χ4v) is 3.49. The van der Waals surface area contributed by atoms with Gasteiger partial charge < -0.3 is 5.32 Å². The molecular formula is C20H26N2O3S. The van der Waals surface area contributed by atoms with Crippen molar-refractivity contribution >= 4 is 21.6 Å². The third kappa shape index (κ3) is 4.43. The maximum atomic E-state index is 12.9. The molecule has 1 atom stereocenters. The molecule has 0 spiro atoms. The Balaban J connectivity index is 2.35. The number of benzene rings is 2. The van der Waals surface area contributed by atoms with Gasteiger partial charge in [0.1, 0.15) is 0 Å². The summed E-state index contributed by atoms with van der Waals surface area (Å²) in [6, 6.07) is 12.7. The van der Waals surface area contributed by atoms with E-state index >= 15 is 0 Å². The molecule has 140 valence electrons. The Labute approximate surface area is 156 Å². The van der Waals surface area contributed by atoms with Crippen LogP contribution >= 0.6 is 0 Å². The minimum Gasteiger partial charge on any atom is -0.345 e. The first-order valence-electron chi connectivity index (χ1n) is 8.56. The molecule has 2 aromatic carbocycles. The van der Waals surface area contributed by atoms with Gasteiger partial charge in [-0.25, -0.2) is 8.42 Å². The highest BCUT2D eigenvalue weighted by Gasteiger charge is 2.22. The van der Waals surface area contributed by atoms with Crippen LogP contribution in [0.4, 0.5) is 5.69 Å². The van der Waals surface area contributed by atoms with Gasteiger partial charge in [0.15, 0.2) is 0 Å². The molecule has 0 bridgehead atoms. The van der Waals surface area contributed by atoms with E-state index in [2.05, 4.69) is 11.4 Å². The molecule has 26 heavy (non-hydrogen) atoms. The molecule has 0 unspecified atom stereocenters. The SMILES string of the molecule is CC[C@H](NC(=O)c1ccccc1N(C)S(C)(=O)=O)c1ccc(C)cc1C. The first kappa shape index (κ1) is 20.0. The summed E-state index contributed by atoms with van der Waals surface area (Å²) in [5.41, 5.74) is 4.07. The van der Waals surface area contributed by atoms with Crippen molar-refractivity contribution in [1.82, 2.24) is 5.32 Å². The number of carbonyl (C=O) groups excluding carboxylic acids is 1. The molecule has 0 saturated carbocycles. The van der Waals surface area contributed by atoms with Crippen LogP contribution in [0, 0.1) is 13.8 Å². The highest BCUT2D eigenvalue weighted by atomic mass is 32.2. The fourth-order valence-electron chi connectivity index (χ4n) is 2.97. The van der Waals surface area contributed by atoms with Gasteiger partial charge in [0.25, 0.3) is 5.91 Å². The number of nitrogens with one attached hydrogen (secondary N) is 1. The van der Waals surface area contributed by atoms with Gasteiger partial charge in [-0.3, -0.25) is 9.10 Å². The second kappa shape index (κ2) is 7.91. The van der Waals surface area contributed by atoms with E-state index in [0.717, 1.165) is 28.1 Å². The van der Waals surface area contributed by atoms with Gasteiger partial charge in [-0.05, 0) is 43.5 Å². The highest BCUT2D eigenvalue weighted by Crippen LogP contribution is 2.25. The molecule has 0 heterocycles. The van der Waals surface area contributed by atoms with Crippen LogP contribution in [-0.4, -0.2) is 27.6 Å². The Kier molecular flexibility index (Phi) is 6.08. The van der Waals surface area contributed by atoms with Crippen molar-refractivity contribution in [3.05, 3.63) is 64.7 Å². The van der Waals surface area contributed by atoms with Crippen molar-refractivity contribution in [3.63, 3.8) is 0 Å². The van der Waals surface area contributed by atoms with E-state index in [1.54, 1.807) is 24.3 Å². The first-order valence-corrected chi connectivity index (χ1v) is 10.4. The highest BCUT2D eigenvalue weighted by molar-refractivity contribution is 7.92. The van der Waals surface area contributed by atoms with Crippen LogP contribution in [0.3, 0.4) is 0 Å². The van der Waals surface area contributed by atoms with Crippen molar-refractivity contribution in [2.75, 3.05) is 17.6 Å². The summed E-state index contributed by atoms with van der Waals surface area (Å²) in [6.07, 6.45) is 1.85. The number of carbonyl (C=O) groups is 1. The molecular weight excluding hydrogens is 348 g/mol. The van der Waals surface area contributed by atoms with Crippen LogP contribution < -0.4 is 9.62 Å². The Bertz CT molecular complexity index is 907. The monoisotopic (exact) mass is 374 g/mol. The molecule has 0 saturated heterocycles. The number of rotatable bonds is 6. The lowest BCUT2D eigenvalue weighted by Gasteiger charge is -2.23. The zero-order valence-corrected chi connectivity index (χ0v) is 16.7. The van der Waals surface area contributed by atoms with E-state index in [1.807, 2.05) is 32.9 Å². The van der Waals surface area contributed by atoms with Crippen LogP contribution in [0.25, 0.3) is 0 Å². The Morgan fingerprint density at radius 1 is 1.15 bits per heavy atom. The van der Waals surface area contributed by atoms with Gasteiger partial charge in [-0.15, -0.1) is 0 Å². The zero-order chi connectivity index (χ0) is 19.5. The number of anilines is 1. The van der Waals surface area contributed by atoms with Crippen LogP contribution in [0.1, 0.15) is 46.4 Å². The van der Waals surface area contributed by atoms with E-state index in [4.69, 9.17) is 0 Å². The normalized spacial score (nSPS) is 12.5. The van der Waals surface area contributed by atoms with E-state index < -0.39 is 10.0 Å². The average molecular weight is 375 g/mol. The Hall–Kier alpha value is -2.34. The standard InChI is InChI=1S/C20H26N2O3S/c1-6-18(16-12-11-14(2)13-15(16)3)21-20(23)17-9-7-8-10-19(17)22(4)26(5,24)25/h7-13,18H,6H2,1-5H3,(H,21,23)/t18-/m0/s1. The minimum absolute atomic E-state index is 0.139. The van der Waals surface area contributed by atoms with E-state index in [0.29, 0.717) is 11.3 Å². The molecule has 0 aromatic heterocycles. The molecule has 0 aliphatic carbocycles. The molecule has 0 fully saturated rings. The third-order valence-electron chi connectivity index (χ3n) is 4.50. The predicted octanol–water partition coefficient (Wildman–Crippen LogP) is 3.58. The van der Waals surface area contributed by atoms with E-state index in [-0.39, 0.29) is 11.9 Å². The molecule has 5 nitrogen and oxygen atoms in total. The largest absolute Gasteiger partial charge is 0.345 e. The van der Waals surface area contributed by atoms with Crippen molar-refractivity contribution < 1.29 is 13.2 Å². The molecule has 2 rings (SSSR count). The van der Waals surface area contributed by atoms with Gasteiger partial charge in [0, 0.05) is 7.05 Å². The summed E-state index contributed by atoms with van der Waals surface area (Å²) < 4.78 is 24.9. The summed E-state index contributed by atoms with van der Waals surface area (Å²) in [7, 11) is -2.01. The van der Waals surface area contributed by atoms with E-state index in [9.17, 15) is 13.2 Å². The van der Waals surface area contributed by atoms with E-state index in [1.165, 1.54) is 12.6 Å². The lowest BCUT2D eigenvalue weighted by molar-refractivity contribution is 0.0936. The van der Waals surface area contributed by atoms with Crippen LogP contribution in [-0.2, 0) is 10.0 Å². The number of aryl methyl sites for hydroxylation is 2. The maximum Gasteiger partial charge on any atom is 0.253 e. The van der Waals surface area contributed by atoms with Crippen molar-refractivity contribution in [1.29, 1.82) is 0 Å². The molecule has 2 aromatic rings. The number of hydrogen-bond acceptors (Lipinski definition) is 3. The number of para-hydroxylation sites is 1. The summed E-state index contributed by atoms with van der Waals surface area (Å²) in [4.78, 5) is 12.9. The number of nitrogens with zero attached hydrogens (tertiary/aromatic N) is 1. The van der Waals surface area contributed by atoms with Gasteiger partial charge in [-0.1, -0.05) is 42.8 Å². The lowest BCUT2D eigenvalue weighted by Crippen LogP contribution is -2.32.